The highest BCUT2D eigenvalue weighted by Gasteiger charge is 2.41. The molecule has 4 rings (SSSR count). The normalized spacial score (nSPS) is 30.2. The van der Waals surface area contributed by atoms with Crippen LogP contribution in [0.15, 0.2) is 24.3 Å². The molecule has 1 N–H and O–H groups in total. The summed E-state index contributed by atoms with van der Waals surface area (Å²) in [7, 11) is 1.91. The zero-order chi connectivity index (χ0) is 17.6. The van der Waals surface area contributed by atoms with Gasteiger partial charge in [-0.2, -0.15) is 0 Å². The van der Waals surface area contributed by atoms with Crippen molar-refractivity contribution in [2.75, 3.05) is 18.5 Å². The first-order chi connectivity index (χ1) is 12.0. The number of nitrogens with zero attached hydrogens (tertiary/aromatic N) is 2. The largest absolute Gasteiger partial charge is 0.342 e. The van der Waals surface area contributed by atoms with Crippen LogP contribution in [-0.4, -0.2) is 48.4 Å². The first kappa shape index (κ1) is 19.5. The van der Waals surface area contributed by atoms with Crippen LogP contribution < -0.4 is 10.2 Å². The van der Waals surface area contributed by atoms with E-state index in [1.807, 2.05) is 24.1 Å². The molecule has 0 spiro atoms. The van der Waals surface area contributed by atoms with Gasteiger partial charge in [0.15, 0.2) is 0 Å². The number of hydrogen-bond acceptors (Lipinski definition) is 3. The Labute approximate surface area is 165 Å². The topological polar surface area (TPSA) is 52.7 Å². The van der Waals surface area contributed by atoms with Crippen LogP contribution in [0.25, 0.3) is 0 Å². The van der Waals surface area contributed by atoms with Crippen LogP contribution in [-0.2, 0) is 9.59 Å². The number of halogens is 2. The molecule has 7 heteroatoms. The Morgan fingerprint density at radius 1 is 1.19 bits per heavy atom. The molecule has 142 valence electrons. The van der Waals surface area contributed by atoms with Gasteiger partial charge in [-0.05, 0) is 49.9 Å². The van der Waals surface area contributed by atoms with Crippen molar-refractivity contribution in [2.24, 2.45) is 5.92 Å². The molecule has 2 bridgehead atoms. The van der Waals surface area contributed by atoms with E-state index in [9.17, 15) is 9.59 Å². The highest BCUT2D eigenvalue weighted by Crippen LogP contribution is 2.32. The van der Waals surface area contributed by atoms with Gasteiger partial charge in [0.25, 0.3) is 0 Å². The first-order valence-corrected chi connectivity index (χ1v) is 9.47. The number of hydrogen-bond donors (Lipinski definition) is 1. The predicted molar refractivity (Wildman–Crippen MR) is 105 cm³/mol. The van der Waals surface area contributed by atoms with Crippen molar-refractivity contribution in [1.29, 1.82) is 0 Å². The van der Waals surface area contributed by atoms with Gasteiger partial charge >= 0.3 is 0 Å². The zero-order valence-corrected chi connectivity index (χ0v) is 16.4. The van der Waals surface area contributed by atoms with Gasteiger partial charge in [-0.25, -0.2) is 0 Å². The average Bonchev–Trinajstić information content (AvgIpc) is 3.16. The second-order valence-electron chi connectivity index (χ2n) is 7.59. The van der Waals surface area contributed by atoms with Crippen LogP contribution in [0.4, 0.5) is 5.69 Å². The predicted octanol–water partition coefficient (Wildman–Crippen LogP) is 2.86. The summed E-state index contributed by atoms with van der Waals surface area (Å²) in [5.74, 6) is -0.128. The smallest absolute Gasteiger partial charge is 0.228 e. The molecule has 0 aliphatic carbocycles. The van der Waals surface area contributed by atoms with Crippen LogP contribution in [0.3, 0.4) is 0 Å². The molecular weight excluding hydrogens is 373 g/mol. The maximum absolute atomic E-state index is 13.0. The highest BCUT2D eigenvalue weighted by molar-refractivity contribution is 6.30. The lowest BCUT2D eigenvalue weighted by Crippen LogP contribution is -2.50. The summed E-state index contributed by atoms with van der Waals surface area (Å²) in [4.78, 5) is 29.0. The number of carbonyl (C=O) groups excluding carboxylic acids is 2. The van der Waals surface area contributed by atoms with E-state index in [2.05, 4.69) is 5.32 Å². The molecule has 3 heterocycles. The fourth-order valence-electron chi connectivity index (χ4n) is 4.55. The van der Waals surface area contributed by atoms with Crippen molar-refractivity contribution in [2.45, 2.75) is 50.2 Å². The number of anilines is 1. The molecule has 0 saturated carbocycles. The molecule has 2 amide bonds. The third-order valence-electron chi connectivity index (χ3n) is 5.96. The first-order valence-electron chi connectivity index (χ1n) is 9.10. The minimum Gasteiger partial charge on any atom is -0.342 e. The number of nitrogens with one attached hydrogen (secondary N) is 1. The van der Waals surface area contributed by atoms with Gasteiger partial charge in [0.2, 0.25) is 11.8 Å². The molecule has 3 aliphatic rings. The van der Waals surface area contributed by atoms with Gasteiger partial charge in [-0.15, -0.1) is 12.4 Å². The average molecular weight is 398 g/mol. The Morgan fingerprint density at radius 3 is 2.42 bits per heavy atom. The summed E-state index contributed by atoms with van der Waals surface area (Å²) in [6.45, 7) is 0.460. The van der Waals surface area contributed by atoms with E-state index >= 15 is 0 Å². The molecule has 3 fully saturated rings. The number of fused-ring (bicyclic) bond motifs is 2. The standard InChI is InChI=1S/C19H24ClN3O2.ClH/c1-22(17-9-14-4-5-15(10-17)21-14)19(25)12-8-18(24)23(11-12)16-6-2-13(20)3-7-16;/h2-3,6-7,12,14-15,17,21H,4-5,8-11H2,1H3;1H. The number of carbonyl (C=O) groups is 2. The van der Waals surface area contributed by atoms with E-state index in [1.54, 1.807) is 17.0 Å². The highest BCUT2D eigenvalue weighted by atomic mass is 35.5. The monoisotopic (exact) mass is 397 g/mol. The zero-order valence-electron chi connectivity index (χ0n) is 14.9. The van der Waals surface area contributed by atoms with E-state index in [1.165, 1.54) is 12.8 Å². The number of amides is 2. The van der Waals surface area contributed by atoms with Crippen LogP contribution in [0.2, 0.25) is 5.02 Å². The molecule has 26 heavy (non-hydrogen) atoms. The van der Waals surface area contributed by atoms with Crippen molar-refractivity contribution in [3.05, 3.63) is 29.3 Å². The molecule has 3 aliphatic heterocycles. The lowest BCUT2D eigenvalue weighted by Gasteiger charge is -2.36. The van der Waals surface area contributed by atoms with E-state index in [0.717, 1.165) is 18.5 Å². The lowest BCUT2D eigenvalue weighted by molar-refractivity contribution is -0.137. The Kier molecular flexibility index (Phi) is 5.80. The maximum Gasteiger partial charge on any atom is 0.228 e. The fourth-order valence-corrected chi connectivity index (χ4v) is 4.68. The lowest BCUT2D eigenvalue weighted by atomic mass is 9.97. The van der Waals surface area contributed by atoms with Gasteiger partial charge in [-0.1, -0.05) is 11.6 Å². The van der Waals surface area contributed by atoms with Crippen molar-refractivity contribution in [3.63, 3.8) is 0 Å². The quantitative estimate of drug-likeness (QED) is 0.852. The van der Waals surface area contributed by atoms with Gasteiger partial charge < -0.3 is 15.1 Å². The van der Waals surface area contributed by atoms with E-state index in [0.29, 0.717) is 36.1 Å². The molecule has 1 aromatic carbocycles. The Morgan fingerprint density at radius 2 is 1.81 bits per heavy atom. The fraction of sp³-hybridized carbons (Fsp3) is 0.579. The molecule has 3 saturated heterocycles. The summed E-state index contributed by atoms with van der Waals surface area (Å²) in [5.41, 5.74) is 0.812. The molecule has 0 aromatic heterocycles. The van der Waals surface area contributed by atoms with Gasteiger partial charge in [0, 0.05) is 48.8 Å². The van der Waals surface area contributed by atoms with Crippen molar-refractivity contribution < 1.29 is 9.59 Å². The van der Waals surface area contributed by atoms with Crippen LogP contribution >= 0.6 is 24.0 Å². The molecule has 0 radical (unpaired) electrons. The second-order valence-corrected chi connectivity index (χ2v) is 8.03. The van der Waals surface area contributed by atoms with Crippen LogP contribution in [0, 0.1) is 5.92 Å². The van der Waals surface area contributed by atoms with Crippen LogP contribution in [0.5, 0.6) is 0 Å². The van der Waals surface area contributed by atoms with Gasteiger partial charge in [0.1, 0.15) is 0 Å². The van der Waals surface area contributed by atoms with Gasteiger partial charge in [-0.3, -0.25) is 9.59 Å². The van der Waals surface area contributed by atoms with Crippen molar-refractivity contribution >= 4 is 41.5 Å². The Hall–Kier alpha value is -1.30. The van der Waals surface area contributed by atoms with Gasteiger partial charge in [0.05, 0.1) is 5.92 Å². The molecule has 3 unspecified atom stereocenters. The third-order valence-corrected chi connectivity index (χ3v) is 6.21. The second kappa shape index (κ2) is 7.75. The summed E-state index contributed by atoms with van der Waals surface area (Å²) in [5, 5.41) is 4.25. The van der Waals surface area contributed by atoms with Crippen molar-refractivity contribution in [1.82, 2.24) is 10.2 Å². The van der Waals surface area contributed by atoms with Crippen LogP contribution in [0.1, 0.15) is 32.1 Å². The maximum atomic E-state index is 13.0. The minimum absolute atomic E-state index is 0. The van der Waals surface area contributed by atoms with Crippen molar-refractivity contribution in [3.8, 4) is 0 Å². The Balaban J connectivity index is 0.00000196. The summed E-state index contributed by atoms with van der Waals surface area (Å²) in [6.07, 6.45) is 4.79. The molecular formula is C19H25Cl2N3O2. The molecule has 3 atom stereocenters. The van der Waals surface area contributed by atoms with E-state index in [-0.39, 0.29) is 30.1 Å². The summed E-state index contributed by atoms with van der Waals surface area (Å²) < 4.78 is 0. The SMILES string of the molecule is CN(C(=O)C1CC(=O)N(c2ccc(Cl)cc2)C1)C1CC2CCC(C1)N2.Cl. The summed E-state index contributed by atoms with van der Waals surface area (Å²) in [6, 6.07) is 8.62. The van der Waals surface area contributed by atoms with E-state index < -0.39 is 0 Å². The third kappa shape index (κ3) is 3.71. The number of piperidine rings is 1. The van der Waals surface area contributed by atoms with E-state index in [4.69, 9.17) is 11.6 Å². The molecule has 5 nitrogen and oxygen atoms in total. The number of benzene rings is 1. The molecule has 1 aromatic rings. The Bertz CT molecular complexity index is 670. The minimum atomic E-state index is -0.249. The number of rotatable bonds is 3. The summed E-state index contributed by atoms with van der Waals surface area (Å²) >= 11 is 5.92.